The lowest BCUT2D eigenvalue weighted by Gasteiger charge is -2.13. The van der Waals surface area contributed by atoms with Gasteiger partial charge in [0.25, 0.3) is 0 Å². The standard InChI is InChI=1S/C12H13FN4O2S/c1-7(2)17-11(8-3-9(13)5-14-4-8)15-16-12(17)20-6-10(18)19/h3-5,7H,6H2,1-2H3,(H,18,19). The van der Waals surface area contributed by atoms with Gasteiger partial charge < -0.3 is 5.11 Å². The van der Waals surface area contributed by atoms with Gasteiger partial charge in [-0.15, -0.1) is 10.2 Å². The molecular formula is C12H13FN4O2S. The maximum Gasteiger partial charge on any atom is 0.313 e. The van der Waals surface area contributed by atoms with Crippen molar-refractivity contribution in [3.63, 3.8) is 0 Å². The van der Waals surface area contributed by atoms with Crippen LogP contribution in [0.5, 0.6) is 0 Å². The van der Waals surface area contributed by atoms with Crippen LogP contribution < -0.4 is 0 Å². The molecule has 106 valence electrons. The summed E-state index contributed by atoms with van der Waals surface area (Å²) in [5.41, 5.74) is 0.508. The minimum atomic E-state index is -0.928. The van der Waals surface area contributed by atoms with Crippen molar-refractivity contribution in [1.82, 2.24) is 19.7 Å². The summed E-state index contributed by atoms with van der Waals surface area (Å²) in [4.78, 5) is 14.4. The summed E-state index contributed by atoms with van der Waals surface area (Å²) < 4.78 is 15.0. The van der Waals surface area contributed by atoms with Gasteiger partial charge in [-0.05, 0) is 19.9 Å². The maximum atomic E-state index is 13.2. The summed E-state index contributed by atoms with van der Waals surface area (Å²) in [5, 5.41) is 17.2. The molecular weight excluding hydrogens is 283 g/mol. The second-order valence-electron chi connectivity index (χ2n) is 4.34. The van der Waals surface area contributed by atoms with E-state index < -0.39 is 11.8 Å². The average Bonchev–Trinajstić information content (AvgIpc) is 2.80. The highest BCUT2D eigenvalue weighted by molar-refractivity contribution is 7.99. The van der Waals surface area contributed by atoms with Gasteiger partial charge in [-0.25, -0.2) is 4.39 Å². The lowest BCUT2D eigenvalue weighted by Crippen LogP contribution is -2.07. The number of hydrogen-bond donors (Lipinski definition) is 1. The van der Waals surface area contributed by atoms with Gasteiger partial charge in [0.1, 0.15) is 5.82 Å². The molecule has 0 aliphatic carbocycles. The van der Waals surface area contributed by atoms with Crippen molar-refractivity contribution < 1.29 is 14.3 Å². The quantitative estimate of drug-likeness (QED) is 0.852. The predicted molar refractivity (Wildman–Crippen MR) is 72.0 cm³/mol. The smallest absolute Gasteiger partial charge is 0.313 e. The van der Waals surface area contributed by atoms with E-state index in [9.17, 15) is 9.18 Å². The van der Waals surface area contributed by atoms with Gasteiger partial charge in [0.15, 0.2) is 11.0 Å². The van der Waals surface area contributed by atoms with Crippen LogP contribution in [0.4, 0.5) is 4.39 Å². The Morgan fingerprint density at radius 2 is 2.20 bits per heavy atom. The molecule has 0 bridgehead atoms. The highest BCUT2D eigenvalue weighted by Gasteiger charge is 2.18. The largest absolute Gasteiger partial charge is 0.481 e. The molecule has 0 fully saturated rings. The molecule has 0 spiro atoms. The number of thioether (sulfide) groups is 1. The minimum Gasteiger partial charge on any atom is -0.481 e. The van der Waals surface area contributed by atoms with E-state index in [0.29, 0.717) is 16.5 Å². The number of nitrogens with zero attached hydrogens (tertiary/aromatic N) is 4. The van der Waals surface area contributed by atoms with Crippen LogP contribution in [-0.4, -0.2) is 36.6 Å². The van der Waals surface area contributed by atoms with Gasteiger partial charge in [-0.1, -0.05) is 11.8 Å². The molecule has 0 aliphatic rings. The molecule has 0 unspecified atom stereocenters. The molecule has 2 aromatic rings. The maximum absolute atomic E-state index is 13.2. The van der Waals surface area contributed by atoms with Crippen LogP contribution in [0.2, 0.25) is 0 Å². The number of carboxylic acids is 1. The van der Waals surface area contributed by atoms with E-state index in [-0.39, 0.29) is 11.8 Å². The van der Waals surface area contributed by atoms with Crippen molar-refractivity contribution in [2.45, 2.75) is 25.0 Å². The molecule has 1 N–H and O–H groups in total. The molecule has 6 nitrogen and oxygen atoms in total. The van der Waals surface area contributed by atoms with Gasteiger partial charge >= 0.3 is 5.97 Å². The van der Waals surface area contributed by atoms with Gasteiger partial charge in [-0.2, -0.15) is 0 Å². The molecule has 0 radical (unpaired) electrons. The van der Waals surface area contributed by atoms with Crippen LogP contribution in [0.25, 0.3) is 11.4 Å². The first-order chi connectivity index (χ1) is 9.49. The fourth-order valence-corrected chi connectivity index (χ4v) is 2.49. The normalized spacial score (nSPS) is 11.0. The molecule has 0 saturated carbocycles. The molecule has 2 rings (SSSR count). The number of carboxylic acid groups (broad SMARTS) is 1. The second-order valence-corrected chi connectivity index (χ2v) is 5.29. The summed E-state index contributed by atoms with van der Waals surface area (Å²) in [5.74, 6) is -1.02. The topological polar surface area (TPSA) is 80.9 Å². The van der Waals surface area contributed by atoms with E-state index in [0.717, 1.165) is 18.0 Å². The first-order valence-electron chi connectivity index (χ1n) is 5.89. The third-order valence-corrected chi connectivity index (χ3v) is 3.40. The average molecular weight is 296 g/mol. The molecule has 0 amide bonds. The van der Waals surface area contributed by atoms with Crippen LogP contribution >= 0.6 is 11.8 Å². The van der Waals surface area contributed by atoms with Crippen LogP contribution in [0, 0.1) is 5.82 Å². The number of halogens is 1. The van der Waals surface area contributed by atoms with E-state index >= 15 is 0 Å². The third kappa shape index (κ3) is 3.13. The first kappa shape index (κ1) is 14.4. The van der Waals surface area contributed by atoms with Gasteiger partial charge in [-0.3, -0.25) is 14.3 Å². The van der Waals surface area contributed by atoms with E-state index in [2.05, 4.69) is 15.2 Å². The Labute approximate surface area is 119 Å². The summed E-state index contributed by atoms with van der Waals surface area (Å²) in [6, 6.07) is 1.33. The Hall–Kier alpha value is -1.96. The van der Waals surface area contributed by atoms with Crippen molar-refractivity contribution in [2.75, 3.05) is 5.75 Å². The molecule has 20 heavy (non-hydrogen) atoms. The van der Waals surface area contributed by atoms with Crippen molar-refractivity contribution in [3.8, 4) is 11.4 Å². The Morgan fingerprint density at radius 3 is 2.80 bits per heavy atom. The predicted octanol–water partition coefficient (Wildman–Crippen LogP) is 2.24. The summed E-state index contributed by atoms with van der Waals surface area (Å²) in [7, 11) is 0. The van der Waals surface area contributed by atoms with Crippen LogP contribution in [0.3, 0.4) is 0 Å². The first-order valence-corrected chi connectivity index (χ1v) is 6.88. The SMILES string of the molecule is CC(C)n1c(SCC(=O)O)nnc1-c1cncc(F)c1. The van der Waals surface area contributed by atoms with Crippen molar-refractivity contribution >= 4 is 17.7 Å². The van der Waals surface area contributed by atoms with Crippen molar-refractivity contribution in [2.24, 2.45) is 0 Å². The minimum absolute atomic E-state index is 0.0135. The Bertz CT molecular complexity index is 630. The van der Waals surface area contributed by atoms with E-state index in [1.165, 1.54) is 12.3 Å². The van der Waals surface area contributed by atoms with Crippen LogP contribution in [0.15, 0.2) is 23.6 Å². The van der Waals surface area contributed by atoms with Crippen LogP contribution in [0.1, 0.15) is 19.9 Å². The third-order valence-electron chi connectivity index (χ3n) is 2.47. The molecule has 0 aromatic carbocycles. The molecule has 2 heterocycles. The lowest BCUT2D eigenvalue weighted by molar-refractivity contribution is -0.133. The fraction of sp³-hybridized carbons (Fsp3) is 0.333. The molecule has 0 atom stereocenters. The summed E-state index contributed by atoms with van der Waals surface area (Å²) in [6.45, 7) is 3.84. The zero-order chi connectivity index (χ0) is 14.7. The number of pyridine rings is 1. The number of aliphatic carboxylic acids is 1. The Balaban J connectivity index is 2.41. The molecule has 2 aromatic heterocycles. The van der Waals surface area contributed by atoms with Gasteiger partial charge in [0, 0.05) is 17.8 Å². The second kappa shape index (κ2) is 6.00. The highest BCUT2D eigenvalue weighted by atomic mass is 32.2. The Kier molecular flexibility index (Phi) is 4.33. The molecule has 8 heteroatoms. The number of rotatable bonds is 5. The van der Waals surface area contributed by atoms with E-state index in [1.54, 1.807) is 4.57 Å². The van der Waals surface area contributed by atoms with Crippen molar-refractivity contribution in [1.29, 1.82) is 0 Å². The lowest BCUT2D eigenvalue weighted by atomic mass is 10.2. The van der Waals surface area contributed by atoms with E-state index in [1.807, 2.05) is 13.8 Å². The highest BCUT2D eigenvalue weighted by Crippen LogP contribution is 2.27. The van der Waals surface area contributed by atoms with Crippen LogP contribution in [-0.2, 0) is 4.79 Å². The van der Waals surface area contributed by atoms with Gasteiger partial charge in [0.2, 0.25) is 0 Å². The van der Waals surface area contributed by atoms with E-state index in [4.69, 9.17) is 5.11 Å². The zero-order valence-electron chi connectivity index (χ0n) is 10.9. The number of aromatic nitrogens is 4. The monoisotopic (exact) mass is 296 g/mol. The Morgan fingerprint density at radius 1 is 1.45 bits per heavy atom. The zero-order valence-corrected chi connectivity index (χ0v) is 11.8. The fourth-order valence-electron chi connectivity index (χ4n) is 1.70. The van der Waals surface area contributed by atoms with Crippen molar-refractivity contribution in [3.05, 3.63) is 24.3 Å². The molecule has 0 saturated heterocycles. The number of hydrogen-bond acceptors (Lipinski definition) is 5. The number of carbonyl (C=O) groups is 1. The summed E-state index contributed by atoms with van der Waals surface area (Å²) >= 11 is 1.08. The van der Waals surface area contributed by atoms with Gasteiger partial charge in [0.05, 0.1) is 11.9 Å². The molecule has 0 aliphatic heterocycles. The summed E-state index contributed by atoms with van der Waals surface area (Å²) in [6.07, 6.45) is 2.61.